The van der Waals surface area contributed by atoms with Crippen LogP contribution in [0, 0.1) is 5.92 Å². The third-order valence-corrected chi connectivity index (χ3v) is 8.08. The Balaban J connectivity index is 1.28. The highest BCUT2D eigenvalue weighted by molar-refractivity contribution is 5.96. The van der Waals surface area contributed by atoms with Crippen molar-refractivity contribution < 1.29 is 9.18 Å². The Hall–Kier alpha value is -3.21. The summed E-state index contributed by atoms with van der Waals surface area (Å²) in [6, 6.07) is 1.84. The normalized spacial score (nSPS) is 19.4. The van der Waals surface area contributed by atoms with Gasteiger partial charge in [-0.1, -0.05) is 0 Å². The molecule has 38 heavy (non-hydrogen) atoms. The summed E-state index contributed by atoms with van der Waals surface area (Å²) in [7, 11) is 4.18. The van der Waals surface area contributed by atoms with E-state index in [1.807, 2.05) is 17.2 Å². The summed E-state index contributed by atoms with van der Waals surface area (Å²) in [5.74, 6) is 1.43. The number of urea groups is 1. The van der Waals surface area contributed by atoms with Gasteiger partial charge in [-0.15, -0.1) is 0 Å². The predicted octanol–water partition coefficient (Wildman–Crippen LogP) is 4.12. The number of halogens is 1. The molecule has 204 valence electrons. The first-order valence-electron chi connectivity index (χ1n) is 13.7. The van der Waals surface area contributed by atoms with Gasteiger partial charge < -0.3 is 20.0 Å². The van der Waals surface area contributed by atoms with Crippen LogP contribution < -0.4 is 10.2 Å². The lowest BCUT2D eigenvalue weighted by Crippen LogP contribution is -2.51. The highest BCUT2D eigenvalue weighted by Crippen LogP contribution is 2.48. The molecular weight excluding hydrogens is 485 g/mol. The number of amides is 2. The van der Waals surface area contributed by atoms with E-state index >= 15 is 0 Å². The molecule has 3 aromatic heterocycles. The van der Waals surface area contributed by atoms with Crippen LogP contribution in [0.4, 0.5) is 20.7 Å². The Morgan fingerprint density at radius 2 is 2.03 bits per heavy atom. The Kier molecular flexibility index (Phi) is 6.08. The number of carbonyl (C=O) groups is 1. The molecule has 0 radical (unpaired) electrons. The number of nitrogens with zero attached hydrogens (tertiary/aromatic N) is 7. The maximum absolute atomic E-state index is 14.8. The molecule has 10 nitrogen and oxygen atoms in total. The van der Waals surface area contributed by atoms with Gasteiger partial charge in [-0.25, -0.2) is 9.18 Å². The molecule has 1 aliphatic carbocycles. The van der Waals surface area contributed by atoms with E-state index in [1.165, 1.54) is 6.42 Å². The zero-order chi connectivity index (χ0) is 26.7. The molecule has 3 aromatic rings. The lowest BCUT2D eigenvalue weighted by atomic mass is 9.99. The van der Waals surface area contributed by atoms with Crippen LogP contribution in [0.1, 0.15) is 46.0 Å². The second-order valence-electron chi connectivity index (χ2n) is 12.2. The molecule has 6 rings (SSSR count). The smallest absolute Gasteiger partial charge is 0.322 e. The SMILES string of the molecule is CN(C)CC1CN(c2nn(CC(C)(C)F)c3cc(-c4[nH]ncc4NC(=O)N4CCCCC45CC5)ncc23)C1. The van der Waals surface area contributed by atoms with Gasteiger partial charge in [0.2, 0.25) is 0 Å². The van der Waals surface area contributed by atoms with Crippen molar-refractivity contribution >= 4 is 28.4 Å². The molecule has 11 heteroatoms. The van der Waals surface area contributed by atoms with E-state index in [9.17, 15) is 9.18 Å². The number of H-pyrrole nitrogens is 1. The fraction of sp³-hybridized carbons (Fsp3) is 0.630. The van der Waals surface area contributed by atoms with E-state index < -0.39 is 5.67 Å². The predicted molar refractivity (Wildman–Crippen MR) is 146 cm³/mol. The summed E-state index contributed by atoms with van der Waals surface area (Å²) in [5, 5.41) is 16.0. The summed E-state index contributed by atoms with van der Waals surface area (Å²) in [5.41, 5.74) is 1.28. The molecule has 3 fully saturated rings. The van der Waals surface area contributed by atoms with Gasteiger partial charge in [-0.05, 0) is 66.1 Å². The van der Waals surface area contributed by atoms with Crippen molar-refractivity contribution in [2.45, 2.75) is 63.7 Å². The average Bonchev–Trinajstić information content (AvgIpc) is 3.28. The lowest BCUT2D eigenvalue weighted by Gasteiger charge is -2.40. The van der Waals surface area contributed by atoms with Crippen LogP contribution in [0.5, 0.6) is 0 Å². The molecule has 3 aliphatic rings. The van der Waals surface area contributed by atoms with E-state index in [1.54, 1.807) is 24.7 Å². The van der Waals surface area contributed by atoms with Gasteiger partial charge in [0.1, 0.15) is 11.4 Å². The van der Waals surface area contributed by atoms with Crippen LogP contribution in [0.2, 0.25) is 0 Å². The van der Waals surface area contributed by atoms with Gasteiger partial charge >= 0.3 is 6.03 Å². The third-order valence-electron chi connectivity index (χ3n) is 8.08. The van der Waals surface area contributed by atoms with Gasteiger partial charge in [0.05, 0.1) is 35.0 Å². The minimum Gasteiger partial charge on any atom is -0.354 e. The van der Waals surface area contributed by atoms with Gasteiger partial charge in [-0.2, -0.15) is 10.2 Å². The number of anilines is 2. The quantitative estimate of drug-likeness (QED) is 0.484. The monoisotopic (exact) mass is 523 g/mol. The van der Waals surface area contributed by atoms with E-state index in [4.69, 9.17) is 10.1 Å². The number of pyridine rings is 1. The number of carbonyl (C=O) groups excluding carboxylic acids is 1. The number of alkyl halides is 1. The van der Waals surface area contributed by atoms with Crippen molar-refractivity contribution in [2.24, 2.45) is 5.92 Å². The third kappa shape index (κ3) is 4.72. The molecule has 1 spiro atoms. The van der Waals surface area contributed by atoms with Crippen LogP contribution in [0.25, 0.3) is 22.3 Å². The van der Waals surface area contributed by atoms with Crippen molar-refractivity contribution in [1.82, 2.24) is 34.8 Å². The number of piperidine rings is 1. The number of hydrogen-bond donors (Lipinski definition) is 2. The average molecular weight is 524 g/mol. The highest BCUT2D eigenvalue weighted by atomic mass is 19.1. The molecule has 2 aliphatic heterocycles. The van der Waals surface area contributed by atoms with E-state index in [0.717, 1.165) is 68.6 Å². The van der Waals surface area contributed by atoms with E-state index in [2.05, 4.69) is 39.4 Å². The topological polar surface area (TPSA) is 98.2 Å². The number of aromatic amines is 1. The maximum Gasteiger partial charge on any atom is 0.322 e. The number of aromatic nitrogens is 5. The number of nitrogens with one attached hydrogen (secondary N) is 2. The molecular formula is C27H38FN9O. The van der Waals surface area contributed by atoms with Crippen molar-refractivity contribution in [2.75, 3.05) is 50.5 Å². The first-order valence-corrected chi connectivity index (χ1v) is 13.7. The standard InChI is InChI=1S/C27H38FN9O/c1-26(2,28)17-37-22-11-20(29-12-19(22)24(33-37)35-15-18(16-35)14-34(3)4)23-21(13-30-32-23)31-25(38)36-10-6-5-7-27(36)8-9-27/h11-13,18H,5-10,14-17H2,1-4H3,(H,30,32)(H,31,38). The van der Waals surface area contributed by atoms with Crippen LogP contribution in [0.15, 0.2) is 18.5 Å². The molecule has 1 saturated carbocycles. The lowest BCUT2D eigenvalue weighted by molar-refractivity contribution is 0.151. The number of rotatable bonds is 7. The van der Waals surface area contributed by atoms with E-state index in [-0.39, 0.29) is 18.1 Å². The second-order valence-corrected chi connectivity index (χ2v) is 12.2. The molecule has 0 unspecified atom stereocenters. The molecule has 2 saturated heterocycles. The minimum absolute atomic E-state index is 0.0495. The second kappa shape index (κ2) is 9.21. The largest absolute Gasteiger partial charge is 0.354 e. The molecule has 0 atom stereocenters. The van der Waals surface area contributed by atoms with Crippen LogP contribution in [-0.2, 0) is 6.54 Å². The van der Waals surface area contributed by atoms with Crippen molar-refractivity contribution in [3.05, 3.63) is 18.5 Å². The molecule has 0 aromatic carbocycles. The molecule has 5 heterocycles. The van der Waals surface area contributed by atoms with Gasteiger partial charge in [0.15, 0.2) is 5.82 Å². The fourth-order valence-electron chi connectivity index (χ4n) is 6.11. The Labute approximate surface area is 222 Å². The van der Waals surface area contributed by atoms with Gasteiger partial charge in [-0.3, -0.25) is 14.8 Å². The number of likely N-dealkylation sites (tertiary alicyclic amines) is 1. The number of hydrogen-bond acceptors (Lipinski definition) is 6. The van der Waals surface area contributed by atoms with Crippen LogP contribution in [-0.4, -0.2) is 92.3 Å². The van der Waals surface area contributed by atoms with Crippen molar-refractivity contribution in [3.63, 3.8) is 0 Å². The first kappa shape index (κ1) is 25.1. The zero-order valence-corrected chi connectivity index (χ0v) is 22.8. The minimum atomic E-state index is -1.43. The van der Waals surface area contributed by atoms with Crippen molar-refractivity contribution in [1.29, 1.82) is 0 Å². The summed E-state index contributed by atoms with van der Waals surface area (Å²) in [6.07, 6.45) is 8.91. The summed E-state index contributed by atoms with van der Waals surface area (Å²) < 4.78 is 16.5. The van der Waals surface area contributed by atoms with Gasteiger partial charge in [0.25, 0.3) is 0 Å². The Morgan fingerprint density at radius 3 is 2.74 bits per heavy atom. The summed E-state index contributed by atoms with van der Waals surface area (Å²) >= 11 is 0. The van der Waals surface area contributed by atoms with E-state index in [0.29, 0.717) is 23.0 Å². The molecule has 0 bridgehead atoms. The summed E-state index contributed by atoms with van der Waals surface area (Å²) in [6.45, 7) is 6.91. The van der Waals surface area contributed by atoms with Gasteiger partial charge in [0, 0.05) is 43.8 Å². The fourth-order valence-corrected chi connectivity index (χ4v) is 6.11. The summed E-state index contributed by atoms with van der Waals surface area (Å²) in [4.78, 5) is 24.4. The van der Waals surface area contributed by atoms with Crippen molar-refractivity contribution in [3.8, 4) is 11.4 Å². The maximum atomic E-state index is 14.8. The molecule has 2 N–H and O–H groups in total. The van der Waals surface area contributed by atoms with Crippen LogP contribution in [0.3, 0.4) is 0 Å². The Morgan fingerprint density at radius 1 is 1.24 bits per heavy atom. The number of fused-ring (bicyclic) bond motifs is 1. The van der Waals surface area contributed by atoms with Crippen LogP contribution >= 0.6 is 0 Å². The zero-order valence-electron chi connectivity index (χ0n) is 22.8. The molecule has 2 amide bonds. The highest BCUT2D eigenvalue weighted by Gasteiger charge is 2.51. The first-order chi connectivity index (χ1) is 18.1. The Bertz CT molecular complexity index is 1330.